The highest BCUT2D eigenvalue weighted by molar-refractivity contribution is 7.91. The molecule has 0 spiro atoms. The van der Waals surface area contributed by atoms with Gasteiger partial charge in [0.05, 0.1) is 10.6 Å². The molecule has 0 saturated heterocycles. The number of hydrogen-bond donors (Lipinski definition) is 2. The Kier molecular flexibility index (Phi) is 5.16. The van der Waals surface area contributed by atoms with Crippen molar-refractivity contribution in [1.82, 2.24) is 0 Å². The molecule has 3 N–H and O–H groups in total. The Morgan fingerprint density at radius 2 is 1.78 bits per heavy atom. The molecule has 1 unspecified atom stereocenters. The van der Waals surface area contributed by atoms with Gasteiger partial charge in [-0.25, -0.2) is 8.42 Å². The molecule has 0 aliphatic rings. The first kappa shape index (κ1) is 15.0. The average Bonchev–Trinajstić information content (AvgIpc) is 2.36. The van der Waals surface area contributed by atoms with E-state index in [1.165, 1.54) is 0 Å². The maximum atomic E-state index is 11.6. The second-order valence-corrected chi connectivity index (χ2v) is 6.99. The highest BCUT2D eigenvalue weighted by Gasteiger charge is 2.11. The van der Waals surface area contributed by atoms with Crippen LogP contribution in [0.4, 0.5) is 5.69 Å². The number of benzene rings is 1. The number of nitrogens with two attached hydrogens (primary N) is 1. The first-order valence-electron chi connectivity index (χ1n) is 6.19. The summed E-state index contributed by atoms with van der Waals surface area (Å²) in [4.78, 5) is 0.365. The van der Waals surface area contributed by atoms with Gasteiger partial charge in [-0.2, -0.15) is 0 Å². The van der Waals surface area contributed by atoms with Crippen LogP contribution < -0.4 is 11.1 Å². The van der Waals surface area contributed by atoms with Crippen LogP contribution in [0.3, 0.4) is 0 Å². The van der Waals surface area contributed by atoms with Gasteiger partial charge >= 0.3 is 0 Å². The van der Waals surface area contributed by atoms with Gasteiger partial charge in [0.25, 0.3) is 0 Å². The fourth-order valence-electron chi connectivity index (χ4n) is 1.42. The Labute approximate surface area is 110 Å². The van der Waals surface area contributed by atoms with E-state index in [1.54, 1.807) is 31.2 Å². The normalized spacial score (nSPS) is 13.6. The topological polar surface area (TPSA) is 72.2 Å². The fraction of sp³-hybridized carbons (Fsp3) is 0.538. The van der Waals surface area contributed by atoms with E-state index in [0.29, 0.717) is 17.4 Å². The van der Waals surface area contributed by atoms with Gasteiger partial charge in [-0.15, -0.1) is 0 Å². The Morgan fingerprint density at radius 3 is 2.22 bits per heavy atom. The van der Waals surface area contributed by atoms with Crippen molar-refractivity contribution >= 4 is 15.5 Å². The summed E-state index contributed by atoms with van der Waals surface area (Å²) < 4.78 is 23.3. The predicted octanol–water partition coefficient (Wildman–Crippen LogP) is 1.88. The molecule has 1 aromatic rings. The number of nitrogens with one attached hydrogen (secondary N) is 1. The van der Waals surface area contributed by atoms with Crippen LogP contribution in [0.1, 0.15) is 20.8 Å². The Morgan fingerprint density at radius 1 is 1.22 bits per heavy atom. The summed E-state index contributed by atoms with van der Waals surface area (Å²) in [7, 11) is -3.11. The van der Waals surface area contributed by atoms with Crippen molar-refractivity contribution in [2.24, 2.45) is 11.7 Å². The number of sulfone groups is 1. The molecule has 102 valence electrons. The lowest BCUT2D eigenvalue weighted by molar-refractivity contribution is 0.511. The molecule has 1 atom stereocenters. The predicted molar refractivity (Wildman–Crippen MR) is 75.5 cm³/mol. The Balaban J connectivity index is 2.67. The zero-order chi connectivity index (χ0) is 13.8. The van der Waals surface area contributed by atoms with Gasteiger partial charge in [-0.3, -0.25) is 0 Å². The molecule has 0 heterocycles. The van der Waals surface area contributed by atoms with Gasteiger partial charge in [0, 0.05) is 18.3 Å². The average molecular weight is 270 g/mol. The number of rotatable bonds is 6. The third-order valence-corrected chi connectivity index (χ3v) is 4.74. The van der Waals surface area contributed by atoms with Crippen LogP contribution in [-0.2, 0) is 9.84 Å². The lowest BCUT2D eigenvalue weighted by Gasteiger charge is -2.17. The lowest BCUT2D eigenvalue weighted by Crippen LogP contribution is -2.33. The first-order valence-corrected chi connectivity index (χ1v) is 7.84. The summed E-state index contributed by atoms with van der Waals surface area (Å²) in [5.41, 5.74) is 6.82. The van der Waals surface area contributed by atoms with Crippen LogP contribution in [0.25, 0.3) is 0 Å². The van der Waals surface area contributed by atoms with E-state index >= 15 is 0 Å². The maximum Gasteiger partial charge on any atom is 0.178 e. The van der Waals surface area contributed by atoms with Crippen molar-refractivity contribution in [2.75, 3.05) is 17.6 Å². The van der Waals surface area contributed by atoms with E-state index in [-0.39, 0.29) is 11.8 Å². The van der Waals surface area contributed by atoms with Crippen LogP contribution in [0.15, 0.2) is 29.2 Å². The molecule has 18 heavy (non-hydrogen) atoms. The fourth-order valence-corrected chi connectivity index (χ4v) is 2.30. The summed E-state index contributed by atoms with van der Waals surface area (Å²) in [6, 6.07) is 6.89. The van der Waals surface area contributed by atoms with Gasteiger partial charge in [0.2, 0.25) is 0 Å². The molecule has 0 radical (unpaired) electrons. The molecule has 5 heteroatoms. The van der Waals surface area contributed by atoms with Crippen LogP contribution in [0.5, 0.6) is 0 Å². The largest absolute Gasteiger partial charge is 0.383 e. The van der Waals surface area contributed by atoms with Crippen LogP contribution in [0, 0.1) is 5.92 Å². The minimum atomic E-state index is -3.11. The molecule has 0 aliphatic heterocycles. The minimum Gasteiger partial charge on any atom is -0.383 e. The zero-order valence-corrected chi connectivity index (χ0v) is 12.0. The highest BCUT2D eigenvalue weighted by atomic mass is 32.2. The second-order valence-electron chi connectivity index (χ2n) is 4.72. The summed E-state index contributed by atoms with van der Waals surface area (Å²) in [5, 5.41) is 3.20. The molecule has 0 aromatic heterocycles. The summed E-state index contributed by atoms with van der Waals surface area (Å²) in [6.07, 6.45) is 0. The molecule has 1 aromatic carbocycles. The SMILES string of the molecule is CCS(=O)(=O)c1ccc(NCC(N)C(C)C)cc1. The van der Waals surface area contributed by atoms with E-state index in [0.717, 1.165) is 5.69 Å². The maximum absolute atomic E-state index is 11.6. The zero-order valence-electron chi connectivity index (χ0n) is 11.2. The van der Waals surface area contributed by atoms with E-state index < -0.39 is 9.84 Å². The smallest absolute Gasteiger partial charge is 0.178 e. The molecule has 4 nitrogen and oxygen atoms in total. The molecule has 0 fully saturated rings. The Hall–Kier alpha value is -1.07. The van der Waals surface area contributed by atoms with Gasteiger partial charge in [0.1, 0.15) is 0 Å². The monoisotopic (exact) mass is 270 g/mol. The van der Waals surface area contributed by atoms with Gasteiger partial charge in [-0.1, -0.05) is 20.8 Å². The van der Waals surface area contributed by atoms with Gasteiger partial charge in [0.15, 0.2) is 9.84 Å². The van der Waals surface area contributed by atoms with E-state index in [2.05, 4.69) is 19.2 Å². The van der Waals surface area contributed by atoms with Crippen molar-refractivity contribution in [3.05, 3.63) is 24.3 Å². The molecule has 1 rings (SSSR count). The van der Waals surface area contributed by atoms with E-state index in [9.17, 15) is 8.42 Å². The van der Waals surface area contributed by atoms with E-state index in [1.807, 2.05) is 0 Å². The van der Waals surface area contributed by atoms with Gasteiger partial charge < -0.3 is 11.1 Å². The molecule has 0 bridgehead atoms. The summed E-state index contributed by atoms with van der Waals surface area (Å²) in [5.74, 6) is 0.537. The molecule has 0 saturated carbocycles. The summed E-state index contributed by atoms with van der Waals surface area (Å²) in [6.45, 7) is 6.47. The lowest BCUT2D eigenvalue weighted by atomic mass is 10.1. The second kappa shape index (κ2) is 6.20. The van der Waals surface area contributed by atoms with Crippen LogP contribution in [-0.4, -0.2) is 26.8 Å². The number of anilines is 1. The molecular weight excluding hydrogens is 248 g/mol. The first-order chi connectivity index (χ1) is 8.36. The number of hydrogen-bond acceptors (Lipinski definition) is 4. The quantitative estimate of drug-likeness (QED) is 0.828. The van der Waals surface area contributed by atoms with E-state index in [4.69, 9.17) is 5.73 Å². The molecule has 0 aliphatic carbocycles. The van der Waals surface area contributed by atoms with Crippen LogP contribution >= 0.6 is 0 Å². The third kappa shape index (κ3) is 3.99. The highest BCUT2D eigenvalue weighted by Crippen LogP contribution is 2.15. The van der Waals surface area contributed by atoms with Crippen molar-refractivity contribution < 1.29 is 8.42 Å². The third-order valence-electron chi connectivity index (χ3n) is 2.99. The minimum absolute atomic E-state index is 0.0871. The standard InChI is InChI=1S/C13H22N2O2S/c1-4-18(16,17)12-7-5-11(6-8-12)15-9-13(14)10(2)3/h5-8,10,13,15H,4,9,14H2,1-3H3. The van der Waals surface area contributed by atoms with Crippen molar-refractivity contribution in [1.29, 1.82) is 0 Å². The van der Waals surface area contributed by atoms with Crippen molar-refractivity contribution in [3.63, 3.8) is 0 Å². The molecular formula is C13H22N2O2S. The van der Waals surface area contributed by atoms with Crippen molar-refractivity contribution in [2.45, 2.75) is 31.7 Å². The molecule has 0 amide bonds. The van der Waals surface area contributed by atoms with Gasteiger partial charge in [-0.05, 0) is 30.2 Å². The Bertz CT molecular complexity index is 466. The van der Waals surface area contributed by atoms with Crippen LogP contribution in [0.2, 0.25) is 0 Å². The van der Waals surface area contributed by atoms with Crippen molar-refractivity contribution in [3.8, 4) is 0 Å². The summed E-state index contributed by atoms with van der Waals surface area (Å²) >= 11 is 0.